The second kappa shape index (κ2) is 9.33. The molecule has 0 saturated heterocycles. The fourth-order valence-electron chi connectivity index (χ4n) is 2.12. The molecule has 1 atom stereocenters. The van der Waals surface area contributed by atoms with Crippen molar-refractivity contribution >= 4 is 122 Å². The van der Waals surface area contributed by atoms with Crippen LogP contribution >= 0.6 is 104 Å². The average molecular weight is 567 g/mol. The van der Waals surface area contributed by atoms with Crippen molar-refractivity contribution in [3.8, 4) is 5.75 Å². The molecule has 0 saturated carbocycles. The molecule has 1 heterocycles. The molecule has 1 aliphatic heterocycles. The van der Waals surface area contributed by atoms with Gasteiger partial charge in [-0.3, -0.25) is 4.90 Å². The molecule has 0 bridgehead atoms. The summed E-state index contributed by atoms with van der Waals surface area (Å²) in [5.41, 5.74) is 0.788. The SMILES string of the molecule is COc1ccc(C=CC2=NC(C(Cl)(Cl)Cl)=NC(C(Cl)(Cl)Cl)N2C(Cl)(Cl)Cl)cc1. The summed E-state index contributed by atoms with van der Waals surface area (Å²) in [5, 5.41) is 0. The summed E-state index contributed by atoms with van der Waals surface area (Å²) in [4.78, 5) is 9.30. The number of hydrogen-bond donors (Lipinski definition) is 0. The Balaban J connectivity index is 2.52. The van der Waals surface area contributed by atoms with Crippen LogP contribution in [0.5, 0.6) is 5.75 Å². The molecule has 0 aromatic heterocycles. The highest BCUT2D eigenvalue weighted by atomic mass is 35.6. The van der Waals surface area contributed by atoms with Gasteiger partial charge in [-0.1, -0.05) is 123 Å². The minimum atomic E-state index is -2.07. The molecule has 1 unspecified atom stereocenters. The molecule has 0 fully saturated rings. The second-order valence-electron chi connectivity index (χ2n) is 5.28. The van der Waals surface area contributed by atoms with E-state index in [2.05, 4.69) is 9.98 Å². The van der Waals surface area contributed by atoms with E-state index in [4.69, 9.17) is 109 Å². The third kappa shape index (κ3) is 6.50. The first-order valence-corrected chi connectivity index (χ1v) is 10.6. The molecule has 1 aliphatic rings. The standard InChI is InChI=1S/C15H10Cl9N3O/c1-28-9-5-2-8(3-6-9)4-7-10-25-11(13(16,17)18)26-12(14(19,20)21)27(10)15(22,23)24/h2-7,12H,1H3. The zero-order valence-corrected chi connectivity index (χ0v) is 20.5. The van der Waals surface area contributed by atoms with Crippen LogP contribution in [0.3, 0.4) is 0 Å². The maximum absolute atomic E-state index is 6.07. The molecule has 28 heavy (non-hydrogen) atoms. The topological polar surface area (TPSA) is 37.2 Å². The van der Waals surface area contributed by atoms with E-state index in [1.807, 2.05) is 0 Å². The van der Waals surface area contributed by atoms with Crippen molar-refractivity contribution in [2.75, 3.05) is 7.11 Å². The molecular formula is C15H10Cl9N3O. The predicted molar refractivity (Wildman–Crippen MR) is 123 cm³/mol. The Labute approximate surface area is 206 Å². The highest BCUT2D eigenvalue weighted by Gasteiger charge is 2.50. The van der Waals surface area contributed by atoms with Gasteiger partial charge in [0.2, 0.25) is 7.59 Å². The lowest BCUT2D eigenvalue weighted by Crippen LogP contribution is -2.55. The van der Waals surface area contributed by atoms with Crippen LogP contribution in [0.2, 0.25) is 0 Å². The fourth-order valence-corrected chi connectivity index (χ4v) is 3.37. The van der Waals surface area contributed by atoms with Gasteiger partial charge in [-0.25, -0.2) is 9.98 Å². The normalized spacial score (nSPS) is 18.9. The fraction of sp³-hybridized carbons (Fsp3) is 0.333. The lowest BCUT2D eigenvalue weighted by molar-refractivity contribution is 0.320. The Bertz CT molecular complexity index is 789. The van der Waals surface area contributed by atoms with Crippen molar-refractivity contribution in [3.63, 3.8) is 0 Å². The zero-order chi connectivity index (χ0) is 21.3. The molecule has 4 nitrogen and oxygen atoms in total. The van der Waals surface area contributed by atoms with Crippen LogP contribution in [0.1, 0.15) is 5.56 Å². The molecule has 1 aromatic rings. The number of halogens is 9. The predicted octanol–water partition coefficient (Wildman–Crippen LogP) is 7.22. The molecule has 0 amide bonds. The number of rotatable bonds is 3. The van der Waals surface area contributed by atoms with Crippen LogP contribution in [0.25, 0.3) is 6.08 Å². The van der Waals surface area contributed by atoms with Gasteiger partial charge in [0.15, 0.2) is 12.0 Å². The van der Waals surface area contributed by atoms with Gasteiger partial charge in [0, 0.05) is 0 Å². The molecule has 0 aliphatic carbocycles. The summed E-state index contributed by atoms with van der Waals surface area (Å²) in [5.74, 6) is 0.522. The Morgan fingerprint density at radius 3 is 1.93 bits per heavy atom. The molecule has 0 radical (unpaired) electrons. The van der Waals surface area contributed by atoms with E-state index in [-0.39, 0.29) is 11.7 Å². The largest absolute Gasteiger partial charge is 0.497 e. The number of methoxy groups -OCH3 is 1. The number of benzene rings is 1. The van der Waals surface area contributed by atoms with Crippen molar-refractivity contribution in [2.45, 2.75) is 17.7 Å². The molecule has 2 rings (SSSR count). The van der Waals surface area contributed by atoms with Gasteiger partial charge >= 0.3 is 0 Å². The Kier molecular flexibility index (Phi) is 8.26. The van der Waals surface area contributed by atoms with Crippen molar-refractivity contribution in [1.29, 1.82) is 0 Å². The molecule has 13 heteroatoms. The molecular weight excluding hydrogens is 557 g/mol. The summed E-state index contributed by atoms with van der Waals surface area (Å²) < 4.78 is -0.973. The van der Waals surface area contributed by atoms with Gasteiger partial charge in [-0.2, -0.15) is 0 Å². The third-order valence-corrected chi connectivity index (χ3v) is 4.96. The number of nitrogens with zero attached hydrogens (tertiary/aromatic N) is 3. The maximum atomic E-state index is 6.07. The molecule has 1 aromatic carbocycles. The Hall–Kier alpha value is 0.510. The average Bonchev–Trinajstić information content (AvgIpc) is 2.57. The van der Waals surface area contributed by atoms with Crippen LogP contribution in [-0.2, 0) is 0 Å². The van der Waals surface area contributed by atoms with Gasteiger partial charge in [0.05, 0.1) is 7.11 Å². The van der Waals surface area contributed by atoms with E-state index in [9.17, 15) is 0 Å². The Morgan fingerprint density at radius 1 is 0.929 bits per heavy atom. The van der Waals surface area contributed by atoms with E-state index in [1.54, 1.807) is 37.5 Å². The highest BCUT2D eigenvalue weighted by Crippen LogP contribution is 2.45. The van der Waals surface area contributed by atoms with Crippen LogP contribution in [0.4, 0.5) is 0 Å². The summed E-state index contributed by atoms with van der Waals surface area (Å²) in [7, 11) is 1.56. The smallest absolute Gasteiger partial charge is 0.271 e. The van der Waals surface area contributed by atoms with Gasteiger partial charge in [0.25, 0.3) is 3.92 Å². The first-order chi connectivity index (χ1) is 12.7. The monoisotopic (exact) mass is 563 g/mol. The van der Waals surface area contributed by atoms with E-state index in [0.29, 0.717) is 5.75 Å². The first-order valence-electron chi connectivity index (χ1n) is 7.22. The van der Waals surface area contributed by atoms with E-state index in [0.717, 1.165) is 10.5 Å². The van der Waals surface area contributed by atoms with Crippen molar-refractivity contribution in [3.05, 3.63) is 35.9 Å². The second-order valence-corrected chi connectivity index (χ2v) is 12.2. The van der Waals surface area contributed by atoms with Gasteiger partial charge in [0.1, 0.15) is 11.6 Å². The maximum Gasteiger partial charge on any atom is 0.271 e. The molecule has 0 spiro atoms. The van der Waals surface area contributed by atoms with Gasteiger partial charge in [-0.15, -0.1) is 0 Å². The van der Waals surface area contributed by atoms with Crippen molar-refractivity contribution in [2.24, 2.45) is 9.98 Å². The summed E-state index contributed by atoms with van der Waals surface area (Å²) in [6.07, 6.45) is 1.86. The summed E-state index contributed by atoms with van der Waals surface area (Å²) in [6, 6.07) is 7.14. The zero-order valence-electron chi connectivity index (χ0n) is 13.7. The summed E-state index contributed by atoms with van der Waals surface area (Å²) >= 11 is 54.0. The van der Waals surface area contributed by atoms with E-state index in [1.165, 1.54) is 6.08 Å². The minimum absolute atomic E-state index is 0.0588. The Morgan fingerprint density at radius 2 is 1.50 bits per heavy atom. The number of alkyl halides is 9. The van der Waals surface area contributed by atoms with Crippen LogP contribution in [0, 0.1) is 0 Å². The van der Waals surface area contributed by atoms with Gasteiger partial charge < -0.3 is 4.74 Å². The number of aliphatic imine (C=N–C) groups is 2. The van der Waals surface area contributed by atoms with Crippen LogP contribution in [-0.4, -0.2) is 41.3 Å². The van der Waals surface area contributed by atoms with Crippen molar-refractivity contribution < 1.29 is 4.74 Å². The number of hydrogen-bond acceptors (Lipinski definition) is 4. The summed E-state index contributed by atoms with van der Waals surface area (Å²) in [6.45, 7) is 0. The minimum Gasteiger partial charge on any atom is -0.497 e. The first kappa shape index (κ1) is 24.8. The van der Waals surface area contributed by atoms with Crippen LogP contribution < -0.4 is 4.74 Å². The molecule has 154 valence electrons. The quantitative estimate of drug-likeness (QED) is 0.286. The van der Waals surface area contributed by atoms with E-state index < -0.39 is 17.7 Å². The lowest BCUT2D eigenvalue weighted by atomic mass is 10.2. The highest BCUT2D eigenvalue weighted by molar-refractivity contribution is 6.77. The third-order valence-electron chi connectivity index (χ3n) is 3.32. The van der Waals surface area contributed by atoms with Crippen LogP contribution in [0.15, 0.2) is 40.3 Å². The van der Waals surface area contributed by atoms with E-state index >= 15 is 0 Å². The van der Waals surface area contributed by atoms with Gasteiger partial charge in [-0.05, 0) is 23.8 Å². The number of ether oxygens (including phenoxy) is 1. The lowest BCUT2D eigenvalue weighted by Gasteiger charge is -2.41. The molecule has 0 N–H and O–H groups in total. The number of amidine groups is 2. The van der Waals surface area contributed by atoms with Crippen molar-refractivity contribution in [1.82, 2.24) is 4.90 Å².